The van der Waals surface area contributed by atoms with Gasteiger partial charge in [-0.1, -0.05) is 19.1 Å². The van der Waals surface area contributed by atoms with Gasteiger partial charge in [-0.2, -0.15) is 5.26 Å². The molecule has 0 aromatic heterocycles. The smallest absolute Gasteiger partial charge is 0.0991 e. The van der Waals surface area contributed by atoms with Crippen LogP contribution in [0.3, 0.4) is 0 Å². The van der Waals surface area contributed by atoms with Crippen molar-refractivity contribution in [3.8, 4) is 6.07 Å². The molecular weight excluding hydrogens is 174 g/mol. The van der Waals surface area contributed by atoms with Crippen LogP contribution in [-0.4, -0.2) is 5.84 Å². The van der Waals surface area contributed by atoms with Crippen LogP contribution in [0.5, 0.6) is 0 Å². The molecule has 0 aliphatic carbocycles. The summed E-state index contributed by atoms with van der Waals surface area (Å²) in [5, 5.41) is 8.59. The molecule has 0 unspecified atom stereocenters. The maximum absolute atomic E-state index is 8.59. The monoisotopic (exact) mass is 187 g/mol. The number of aliphatic imine (C=N–C) groups is 1. The molecule has 0 aliphatic rings. The van der Waals surface area contributed by atoms with Gasteiger partial charge in [0.1, 0.15) is 0 Å². The quantitative estimate of drug-likeness (QED) is 0.579. The van der Waals surface area contributed by atoms with Gasteiger partial charge in [-0.15, -0.1) is 0 Å². The van der Waals surface area contributed by atoms with Crippen molar-refractivity contribution in [3.63, 3.8) is 0 Å². The maximum Gasteiger partial charge on any atom is 0.0991 e. The lowest BCUT2D eigenvalue weighted by atomic mass is 10.1. The van der Waals surface area contributed by atoms with E-state index in [1.807, 2.05) is 19.1 Å². The number of nitrogens with two attached hydrogens (primary N) is 1. The molecule has 0 radical (unpaired) electrons. The first-order chi connectivity index (χ1) is 6.76. The van der Waals surface area contributed by atoms with Crippen molar-refractivity contribution in [2.45, 2.75) is 19.9 Å². The zero-order valence-corrected chi connectivity index (χ0v) is 8.20. The lowest BCUT2D eigenvalue weighted by Gasteiger charge is -1.98. The number of nitrogens with zero attached hydrogens (tertiary/aromatic N) is 2. The molecule has 0 atom stereocenters. The van der Waals surface area contributed by atoms with Crippen molar-refractivity contribution in [1.82, 2.24) is 0 Å². The highest BCUT2D eigenvalue weighted by molar-refractivity contribution is 5.79. The van der Waals surface area contributed by atoms with Crippen LogP contribution >= 0.6 is 0 Å². The van der Waals surface area contributed by atoms with E-state index >= 15 is 0 Å². The fourth-order valence-corrected chi connectivity index (χ4v) is 0.989. The minimum absolute atomic E-state index is 0.589. The summed E-state index contributed by atoms with van der Waals surface area (Å²) in [5.41, 5.74) is 7.31. The molecule has 1 rings (SSSR count). The Kier molecular flexibility index (Phi) is 3.69. The van der Waals surface area contributed by atoms with Crippen molar-refractivity contribution >= 4 is 5.84 Å². The topological polar surface area (TPSA) is 62.2 Å². The Bertz CT molecular complexity index is 357. The molecule has 3 heteroatoms. The molecule has 1 aromatic carbocycles. The molecule has 0 saturated heterocycles. The second kappa shape index (κ2) is 5.03. The molecule has 0 saturated carbocycles. The SMILES string of the molecule is CCC(N)=NCc1ccc(C#N)cc1. The van der Waals surface area contributed by atoms with Crippen LogP contribution < -0.4 is 5.73 Å². The Morgan fingerprint density at radius 2 is 2.07 bits per heavy atom. The highest BCUT2D eigenvalue weighted by Gasteiger charge is 1.93. The standard InChI is InChI=1S/C11H13N3/c1-2-11(13)14-8-10-5-3-9(7-12)4-6-10/h3-6H,2,8H2,1H3,(H2,13,14). The Morgan fingerprint density at radius 1 is 1.43 bits per heavy atom. The van der Waals surface area contributed by atoms with Crippen LogP contribution in [0.4, 0.5) is 0 Å². The van der Waals surface area contributed by atoms with Gasteiger partial charge in [0.2, 0.25) is 0 Å². The van der Waals surface area contributed by atoms with Gasteiger partial charge >= 0.3 is 0 Å². The molecule has 2 N–H and O–H groups in total. The minimum atomic E-state index is 0.589. The Labute approximate surface area is 83.9 Å². The summed E-state index contributed by atoms with van der Waals surface area (Å²) in [5.74, 6) is 0.661. The molecule has 72 valence electrons. The van der Waals surface area contributed by atoms with Crippen molar-refractivity contribution in [3.05, 3.63) is 35.4 Å². The van der Waals surface area contributed by atoms with Gasteiger partial charge in [0.15, 0.2) is 0 Å². The van der Waals surface area contributed by atoms with E-state index in [2.05, 4.69) is 11.1 Å². The third-order valence-corrected chi connectivity index (χ3v) is 1.91. The molecule has 14 heavy (non-hydrogen) atoms. The second-order valence-corrected chi connectivity index (χ2v) is 2.97. The molecule has 0 amide bonds. The zero-order valence-electron chi connectivity index (χ0n) is 8.20. The minimum Gasteiger partial charge on any atom is -0.387 e. The van der Waals surface area contributed by atoms with Gasteiger partial charge in [0.25, 0.3) is 0 Å². The molecular formula is C11H13N3. The van der Waals surface area contributed by atoms with Crippen LogP contribution in [0.15, 0.2) is 29.3 Å². The van der Waals surface area contributed by atoms with Crippen LogP contribution in [0.1, 0.15) is 24.5 Å². The van der Waals surface area contributed by atoms with Gasteiger partial charge in [-0.05, 0) is 17.7 Å². The molecule has 0 fully saturated rings. The average molecular weight is 187 g/mol. The van der Waals surface area contributed by atoms with Crippen LogP contribution in [0, 0.1) is 11.3 Å². The zero-order chi connectivity index (χ0) is 10.4. The summed E-state index contributed by atoms with van der Waals surface area (Å²) in [6.45, 7) is 2.56. The number of nitriles is 1. The van der Waals surface area contributed by atoms with Crippen LogP contribution in [0.25, 0.3) is 0 Å². The van der Waals surface area contributed by atoms with Gasteiger partial charge in [-0.25, -0.2) is 0 Å². The first-order valence-electron chi connectivity index (χ1n) is 4.54. The van der Waals surface area contributed by atoms with E-state index in [-0.39, 0.29) is 0 Å². The van der Waals surface area contributed by atoms with Crippen LogP contribution in [0.2, 0.25) is 0 Å². The number of hydrogen-bond donors (Lipinski definition) is 1. The largest absolute Gasteiger partial charge is 0.387 e. The van der Waals surface area contributed by atoms with Gasteiger partial charge < -0.3 is 5.73 Å². The van der Waals surface area contributed by atoms with Crippen LogP contribution in [-0.2, 0) is 6.54 Å². The van der Waals surface area contributed by atoms with E-state index in [1.54, 1.807) is 12.1 Å². The number of amidine groups is 1. The molecule has 1 aromatic rings. The molecule has 0 bridgehead atoms. The average Bonchev–Trinajstić information content (AvgIpc) is 2.26. The van der Waals surface area contributed by atoms with Crippen molar-refractivity contribution in [2.24, 2.45) is 10.7 Å². The van der Waals surface area contributed by atoms with Gasteiger partial charge in [-0.3, -0.25) is 4.99 Å². The number of benzene rings is 1. The summed E-state index contributed by atoms with van der Waals surface area (Å²) in [6.07, 6.45) is 0.774. The van der Waals surface area contributed by atoms with E-state index in [0.29, 0.717) is 17.9 Å². The van der Waals surface area contributed by atoms with E-state index in [0.717, 1.165) is 12.0 Å². The van der Waals surface area contributed by atoms with E-state index in [9.17, 15) is 0 Å². The highest BCUT2D eigenvalue weighted by Crippen LogP contribution is 2.04. The Hall–Kier alpha value is -1.82. The summed E-state index contributed by atoms with van der Waals surface area (Å²) >= 11 is 0. The third-order valence-electron chi connectivity index (χ3n) is 1.91. The summed E-state index contributed by atoms with van der Waals surface area (Å²) in [4.78, 5) is 4.18. The molecule has 0 spiro atoms. The van der Waals surface area contributed by atoms with Crippen molar-refractivity contribution in [2.75, 3.05) is 0 Å². The molecule has 3 nitrogen and oxygen atoms in total. The summed E-state index contributed by atoms with van der Waals surface area (Å²) in [6, 6.07) is 9.43. The normalized spacial score (nSPS) is 11.0. The lowest BCUT2D eigenvalue weighted by Crippen LogP contribution is -2.09. The maximum atomic E-state index is 8.59. The van der Waals surface area contributed by atoms with Gasteiger partial charge in [0, 0.05) is 6.42 Å². The Morgan fingerprint density at radius 3 is 2.57 bits per heavy atom. The fraction of sp³-hybridized carbons (Fsp3) is 0.273. The fourth-order valence-electron chi connectivity index (χ4n) is 0.989. The van der Waals surface area contributed by atoms with E-state index in [1.165, 1.54) is 0 Å². The Balaban J connectivity index is 2.66. The van der Waals surface area contributed by atoms with Crippen molar-refractivity contribution in [1.29, 1.82) is 5.26 Å². The predicted molar refractivity (Wildman–Crippen MR) is 56.8 cm³/mol. The van der Waals surface area contributed by atoms with E-state index < -0.39 is 0 Å². The summed E-state index contributed by atoms with van der Waals surface area (Å²) < 4.78 is 0. The van der Waals surface area contributed by atoms with Crippen molar-refractivity contribution < 1.29 is 0 Å². The first-order valence-corrected chi connectivity index (χ1v) is 4.54. The predicted octanol–water partition coefficient (Wildman–Crippen LogP) is 1.83. The van der Waals surface area contributed by atoms with Gasteiger partial charge in [0.05, 0.1) is 24.0 Å². The first kappa shape index (κ1) is 10.3. The summed E-state index contributed by atoms with van der Waals surface area (Å²) in [7, 11) is 0. The molecule has 0 aliphatic heterocycles. The highest BCUT2D eigenvalue weighted by atomic mass is 14.8. The number of hydrogen-bond acceptors (Lipinski definition) is 2. The third kappa shape index (κ3) is 2.91. The molecule has 0 heterocycles. The second-order valence-electron chi connectivity index (χ2n) is 2.97. The van der Waals surface area contributed by atoms with E-state index in [4.69, 9.17) is 11.0 Å². The lowest BCUT2D eigenvalue weighted by molar-refractivity contribution is 1.04. The number of rotatable bonds is 3.